The van der Waals surface area contributed by atoms with Crippen LogP contribution in [-0.4, -0.2) is 42.1 Å². The predicted molar refractivity (Wildman–Crippen MR) is 75.6 cm³/mol. The van der Waals surface area contributed by atoms with Crippen molar-refractivity contribution in [3.8, 4) is 0 Å². The number of hydrogen-bond acceptors (Lipinski definition) is 5. The fourth-order valence-electron chi connectivity index (χ4n) is 1.86. The molecule has 0 fully saturated rings. The first kappa shape index (κ1) is 16.6. The zero-order chi connectivity index (χ0) is 16.0. The summed E-state index contributed by atoms with van der Waals surface area (Å²) in [6.45, 7) is 1.49. The SMILES string of the molecule is COC(=O)[C@H](C)N(C(=O)[C@@H](N)CC(=O)O)c1ccccc1. The zero-order valence-corrected chi connectivity index (χ0v) is 11.9. The van der Waals surface area contributed by atoms with Crippen LogP contribution in [0.4, 0.5) is 5.69 Å². The molecule has 0 aliphatic rings. The van der Waals surface area contributed by atoms with Crippen molar-refractivity contribution in [3.05, 3.63) is 30.3 Å². The van der Waals surface area contributed by atoms with Crippen LogP contribution in [0.25, 0.3) is 0 Å². The Balaban J connectivity index is 3.10. The number of aliphatic carboxylic acids is 1. The van der Waals surface area contributed by atoms with Crippen LogP contribution in [0.3, 0.4) is 0 Å². The summed E-state index contributed by atoms with van der Waals surface area (Å²) in [5, 5.41) is 8.74. The molecule has 0 aliphatic heterocycles. The average Bonchev–Trinajstić information content (AvgIpc) is 2.46. The van der Waals surface area contributed by atoms with E-state index in [-0.39, 0.29) is 0 Å². The molecule has 1 aromatic carbocycles. The number of carbonyl (C=O) groups excluding carboxylic acids is 2. The Morgan fingerprint density at radius 3 is 2.33 bits per heavy atom. The number of methoxy groups -OCH3 is 1. The first-order valence-electron chi connectivity index (χ1n) is 6.31. The van der Waals surface area contributed by atoms with E-state index >= 15 is 0 Å². The van der Waals surface area contributed by atoms with E-state index in [9.17, 15) is 14.4 Å². The highest BCUT2D eigenvalue weighted by Gasteiger charge is 2.32. The maximum Gasteiger partial charge on any atom is 0.328 e. The summed E-state index contributed by atoms with van der Waals surface area (Å²) < 4.78 is 4.64. The van der Waals surface area contributed by atoms with Crippen LogP contribution in [0.5, 0.6) is 0 Å². The van der Waals surface area contributed by atoms with Crippen molar-refractivity contribution in [1.29, 1.82) is 0 Å². The number of nitrogens with zero attached hydrogens (tertiary/aromatic N) is 1. The molecular weight excluding hydrogens is 276 g/mol. The standard InChI is InChI=1S/C14H18N2O5/c1-9(14(20)21-2)16(10-6-4-3-5-7-10)13(19)11(15)8-12(17)18/h3-7,9,11H,8,15H2,1-2H3,(H,17,18)/t9-,11-/m0/s1. The van der Waals surface area contributed by atoms with Gasteiger partial charge < -0.3 is 15.6 Å². The van der Waals surface area contributed by atoms with Crippen molar-refractivity contribution in [2.24, 2.45) is 5.73 Å². The summed E-state index contributed by atoms with van der Waals surface area (Å²) in [6.07, 6.45) is -0.518. The molecule has 0 heterocycles. The number of benzene rings is 1. The highest BCUT2D eigenvalue weighted by atomic mass is 16.5. The molecular formula is C14H18N2O5. The lowest BCUT2D eigenvalue weighted by molar-refractivity contribution is -0.143. The van der Waals surface area contributed by atoms with E-state index in [2.05, 4.69) is 4.74 Å². The molecule has 0 saturated carbocycles. The van der Waals surface area contributed by atoms with Gasteiger partial charge in [-0.15, -0.1) is 0 Å². The molecule has 7 nitrogen and oxygen atoms in total. The lowest BCUT2D eigenvalue weighted by Gasteiger charge is -2.29. The van der Waals surface area contributed by atoms with Crippen molar-refractivity contribution in [2.75, 3.05) is 12.0 Å². The van der Waals surface area contributed by atoms with E-state index in [4.69, 9.17) is 10.8 Å². The number of carboxylic acid groups (broad SMARTS) is 1. The molecule has 7 heteroatoms. The molecule has 1 aromatic rings. The van der Waals surface area contributed by atoms with Gasteiger partial charge in [0.05, 0.1) is 19.6 Å². The van der Waals surface area contributed by atoms with Gasteiger partial charge in [-0.25, -0.2) is 4.79 Å². The minimum Gasteiger partial charge on any atom is -0.481 e. The molecule has 0 aromatic heterocycles. The van der Waals surface area contributed by atoms with E-state index in [1.165, 1.54) is 14.0 Å². The molecule has 2 atom stereocenters. The summed E-state index contributed by atoms with van der Waals surface area (Å²) in [7, 11) is 1.21. The van der Waals surface area contributed by atoms with Gasteiger partial charge in [0.1, 0.15) is 6.04 Å². The third kappa shape index (κ3) is 4.28. The molecule has 3 N–H and O–H groups in total. The molecule has 1 rings (SSSR count). The Bertz CT molecular complexity index is 517. The van der Waals surface area contributed by atoms with Gasteiger partial charge in [0.15, 0.2) is 0 Å². The van der Waals surface area contributed by atoms with Crippen LogP contribution in [0.2, 0.25) is 0 Å². The van der Waals surface area contributed by atoms with Gasteiger partial charge in [0.2, 0.25) is 5.91 Å². The third-order valence-electron chi connectivity index (χ3n) is 2.91. The quantitative estimate of drug-likeness (QED) is 0.734. The van der Waals surface area contributed by atoms with E-state index in [0.29, 0.717) is 5.69 Å². The molecule has 21 heavy (non-hydrogen) atoms. The smallest absolute Gasteiger partial charge is 0.328 e. The second-order valence-electron chi connectivity index (χ2n) is 4.45. The van der Waals surface area contributed by atoms with E-state index in [1.807, 2.05) is 0 Å². The normalized spacial score (nSPS) is 13.1. The molecule has 0 unspecified atom stereocenters. The maximum atomic E-state index is 12.4. The Labute approximate surface area is 122 Å². The summed E-state index contributed by atoms with van der Waals surface area (Å²) in [6, 6.07) is 6.26. The number of hydrogen-bond donors (Lipinski definition) is 2. The van der Waals surface area contributed by atoms with Crippen molar-refractivity contribution in [3.63, 3.8) is 0 Å². The van der Waals surface area contributed by atoms with Crippen molar-refractivity contribution in [2.45, 2.75) is 25.4 Å². The van der Waals surface area contributed by atoms with Crippen LogP contribution in [-0.2, 0) is 19.1 Å². The topological polar surface area (TPSA) is 110 Å². The Morgan fingerprint density at radius 2 is 1.86 bits per heavy atom. The number of ether oxygens (including phenoxy) is 1. The first-order chi connectivity index (χ1) is 9.88. The van der Waals surface area contributed by atoms with Crippen LogP contribution < -0.4 is 10.6 Å². The summed E-state index contributed by atoms with van der Waals surface area (Å²) in [5.74, 6) is -2.45. The third-order valence-corrected chi connectivity index (χ3v) is 2.91. The Kier molecular flexibility index (Phi) is 5.86. The molecule has 0 spiro atoms. The minimum absolute atomic E-state index is 0.446. The summed E-state index contributed by atoms with van der Waals surface area (Å²) >= 11 is 0. The van der Waals surface area contributed by atoms with Gasteiger partial charge in [-0.05, 0) is 19.1 Å². The van der Waals surface area contributed by atoms with E-state index in [0.717, 1.165) is 4.90 Å². The van der Waals surface area contributed by atoms with Crippen LogP contribution in [0.15, 0.2) is 30.3 Å². The second-order valence-corrected chi connectivity index (χ2v) is 4.45. The fourth-order valence-corrected chi connectivity index (χ4v) is 1.86. The molecule has 0 aliphatic carbocycles. The van der Waals surface area contributed by atoms with Gasteiger partial charge in [0, 0.05) is 5.69 Å². The molecule has 114 valence electrons. The number of carboxylic acids is 1. The van der Waals surface area contributed by atoms with Crippen LogP contribution in [0.1, 0.15) is 13.3 Å². The van der Waals surface area contributed by atoms with Gasteiger partial charge in [0.25, 0.3) is 0 Å². The predicted octanol–water partition coefficient (Wildman–Crippen LogP) is 0.383. The highest BCUT2D eigenvalue weighted by Crippen LogP contribution is 2.19. The number of anilines is 1. The fraction of sp³-hybridized carbons (Fsp3) is 0.357. The second kappa shape index (κ2) is 7.39. The summed E-state index contributed by atoms with van der Waals surface area (Å²) in [5.41, 5.74) is 6.06. The van der Waals surface area contributed by atoms with Gasteiger partial charge in [-0.1, -0.05) is 18.2 Å². The number of esters is 1. The van der Waals surface area contributed by atoms with Crippen molar-refractivity contribution in [1.82, 2.24) is 0 Å². The minimum atomic E-state index is -1.24. The zero-order valence-electron chi connectivity index (χ0n) is 11.9. The maximum absolute atomic E-state index is 12.4. The van der Waals surface area contributed by atoms with E-state index in [1.54, 1.807) is 30.3 Å². The number of para-hydroxylation sites is 1. The molecule has 0 radical (unpaired) electrons. The number of amides is 1. The highest BCUT2D eigenvalue weighted by molar-refractivity contribution is 6.03. The molecule has 0 bridgehead atoms. The van der Waals surface area contributed by atoms with Gasteiger partial charge >= 0.3 is 11.9 Å². The molecule has 0 saturated heterocycles. The summed E-state index contributed by atoms with van der Waals surface area (Å²) in [4.78, 5) is 35.9. The van der Waals surface area contributed by atoms with Crippen LogP contribution in [0, 0.1) is 0 Å². The van der Waals surface area contributed by atoms with Crippen molar-refractivity contribution < 1.29 is 24.2 Å². The Hall–Kier alpha value is -2.41. The number of nitrogens with two attached hydrogens (primary N) is 1. The number of rotatable bonds is 6. The largest absolute Gasteiger partial charge is 0.481 e. The van der Waals surface area contributed by atoms with Crippen molar-refractivity contribution >= 4 is 23.5 Å². The first-order valence-corrected chi connectivity index (χ1v) is 6.31. The Morgan fingerprint density at radius 1 is 1.29 bits per heavy atom. The lowest BCUT2D eigenvalue weighted by Crippen LogP contribution is -2.51. The van der Waals surface area contributed by atoms with Crippen LogP contribution >= 0.6 is 0 Å². The number of carbonyl (C=O) groups is 3. The monoisotopic (exact) mass is 294 g/mol. The van der Waals surface area contributed by atoms with E-state index < -0.39 is 36.4 Å². The van der Waals surface area contributed by atoms with Gasteiger partial charge in [-0.2, -0.15) is 0 Å². The van der Waals surface area contributed by atoms with Gasteiger partial charge in [-0.3, -0.25) is 14.5 Å². The lowest BCUT2D eigenvalue weighted by atomic mass is 10.1. The average molecular weight is 294 g/mol. The molecule has 1 amide bonds.